The van der Waals surface area contributed by atoms with Gasteiger partial charge in [0, 0.05) is 12.6 Å². The van der Waals surface area contributed by atoms with E-state index < -0.39 is 5.54 Å². The lowest BCUT2D eigenvalue weighted by atomic mass is 9.84. The number of hydrogen-bond acceptors (Lipinski definition) is 4. The molecule has 0 amide bonds. The van der Waals surface area contributed by atoms with E-state index in [4.69, 9.17) is 9.47 Å². The molecule has 4 nitrogen and oxygen atoms in total. The van der Waals surface area contributed by atoms with Crippen molar-refractivity contribution in [1.29, 1.82) is 0 Å². The molecular weight excluding hydrogens is 266 g/mol. The Balaban J connectivity index is 2.00. The van der Waals surface area contributed by atoms with Crippen LogP contribution in [0.4, 0.5) is 0 Å². The molecule has 0 spiro atoms. The van der Waals surface area contributed by atoms with Crippen molar-refractivity contribution >= 4 is 5.97 Å². The normalized spacial score (nSPS) is 29.6. The summed E-state index contributed by atoms with van der Waals surface area (Å²) in [7, 11) is 0. The third-order valence-electron chi connectivity index (χ3n) is 4.50. The second-order valence-corrected chi connectivity index (χ2v) is 7.45. The maximum Gasteiger partial charge on any atom is 0.326 e. The lowest BCUT2D eigenvalue weighted by molar-refractivity contribution is -0.153. The maximum absolute atomic E-state index is 12.6. The summed E-state index contributed by atoms with van der Waals surface area (Å²) in [5, 5.41) is 3.62. The molecule has 2 unspecified atom stereocenters. The summed E-state index contributed by atoms with van der Waals surface area (Å²) in [6.45, 7) is 9.27. The topological polar surface area (TPSA) is 47.6 Å². The van der Waals surface area contributed by atoms with Crippen LogP contribution in [0.15, 0.2) is 0 Å². The Morgan fingerprint density at radius 1 is 1.29 bits per heavy atom. The molecule has 0 heterocycles. The molecule has 0 aliphatic heterocycles. The first-order valence-corrected chi connectivity index (χ1v) is 8.46. The second kappa shape index (κ2) is 6.66. The quantitative estimate of drug-likeness (QED) is 0.734. The zero-order valence-electron chi connectivity index (χ0n) is 14.0. The van der Waals surface area contributed by atoms with E-state index in [-0.39, 0.29) is 11.6 Å². The zero-order chi connectivity index (χ0) is 15.5. The van der Waals surface area contributed by atoms with Crippen molar-refractivity contribution in [3.05, 3.63) is 0 Å². The Morgan fingerprint density at radius 2 is 2.00 bits per heavy atom. The smallest absolute Gasteiger partial charge is 0.326 e. The summed E-state index contributed by atoms with van der Waals surface area (Å²) in [6.07, 6.45) is 6.39. The lowest BCUT2D eigenvalue weighted by Gasteiger charge is -2.35. The monoisotopic (exact) mass is 297 g/mol. The van der Waals surface area contributed by atoms with Crippen molar-refractivity contribution in [2.24, 2.45) is 5.92 Å². The van der Waals surface area contributed by atoms with Crippen LogP contribution >= 0.6 is 0 Å². The molecule has 0 aromatic carbocycles. The number of esters is 1. The molecule has 0 bridgehead atoms. The summed E-state index contributed by atoms with van der Waals surface area (Å²) < 4.78 is 11.3. The summed E-state index contributed by atoms with van der Waals surface area (Å²) in [5.74, 6) is 0.287. The molecule has 2 aliphatic carbocycles. The summed E-state index contributed by atoms with van der Waals surface area (Å²) in [6, 6.07) is 0.513. The van der Waals surface area contributed by atoms with E-state index in [0.29, 0.717) is 25.2 Å². The predicted molar refractivity (Wildman–Crippen MR) is 83.2 cm³/mol. The molecule has 2 aliphatic rings. The number of rotatable bonds is 7. The maximum atomic E-state index is 12.6. The first-order chi connectivity index (χ1) is 9.87. The number of hydrogen-bond donors (Lipinski definition) is 1. The molecule has 0 aromatic heterocycles. The van der Waals surface area contributed by atoms with Crippen molar-refractivity contribution in [2.45, 2.75) is 83.4 Å². The minimum Gasteiger partial charge on any atom is -0.465 e. The van der Waals surface area contributed by atoms with Crippen molar-refractivity contribution in [2.75, 3.05) is 13.2 Å². The van der Waals surface area contributed by atoms with E-state index in [2.05, 4.69) is 26.1 Å². The van der Waals surface area contributed by atoms with Crippen molar-refractivity contribution in [1.82, 2.24) is 5.32 Å². The number of carbonyl (C=O) groups excluding carboxylic acids is 1. The molecule has 2 fully saturated rings. The fourth-order valence-corrected chi connectivity index (χ4v) is 3.35. The second-order valence-electron chi connectivity index (χ2n) is 7.45. The highest BCUT2D eigenvalue weighted by Gasteiger charge is 2.51. The van der Waals surface area contributed by atoms with Gasteiger partial charge in [0.15, 0.2) is 0 Å². The van der Waals surface area contributed by atoms with Gasteiger partial charge < -0.3 is 9.47 Å². The Morgan fingerprint density at radius 3 is 2.57 bits per heavy atom. The van der Waals surface area contributed by atoms with Crippen LogP contribution in [0.25, 0.3) is 0 Å². The fraction of sp³-hybridized carbons (Fsp3) is 0.941. The Labute approximate surface area is 129 Å². The molecule has 122 valence electrons. The summed E-state index contributed by atoms with van der Waals surface area (Å²) in [4.78, 5) is 12.6. The van der Waals surface area contributed by atoms with Gasteiger partial charge in [0.2, 0.25) is 0 Å². The van der Waals surface area contributed by atoms with Crippen LogP contribution in [0.1, 0.15) is 66.2 Å². The highest BCUT2D eigenvalue weighted by atomic mass is 16.5. The van der Waals surface area contributed by atoms with Crippen LogP contribution < -0.4 is 5.32 Å². The van der Waals surface area contributed by atoms with Gasteiger partial charge in [0.25, 0.3) is 0 Å². The summed E-state index contributed by atoms with van der Waals surface area (Å²) in [5.41, 5.74) is -0.576. The third kappa shape index (κ3) is 4.43. The molecule has 0 radical (unpaired) electrons. The summed E-state index contributed by atoms with van der Waals surface area (Å²) >= 11 is 0. The van der Waals surface area contributed by atoms with Crippen molar-refractivity contribution in [3.63, 3.8) is 0 Å². The Hall–Kier alpha value is -0.610. The molecule has 21 heavy (non-hydrogen) atoms. The van der Waals surface area contributed by atoms with Crippen LogP contribution in [0.5, 0.6) is 0 Å². The Bertz CT molecular complexity index is 360. The Kier molecular flexibility index (Phi) is 5.31. The van der Waals surface area contributed by atoms with Crippen LogP contribution in [0.3, 0.4) is 0 Å². The molecule has 0 saturated heterocycles. The number of nitrogens with one attached hydrogen (secondary N) is 1. The van der Waals surface area contributed by atoms with Gasteiger partial charge in [-0.15, -0.1) is 0 Å². The van der Waals surface area contributed by atoms with Gasteiger partial charge in [-0.1, -0.05) is 6.42 Å². The van der Waals surface area contributed by atoms with Gasteiger partial charge in [-0.25, -0.2) is 0 Å². The van der Waals surface area contributed by atoms with Gasteiger partial charge in [0.05, 0.1) is 12.2 Å². The predicted octanol–water partition coefficient (Wildman–Crippen LogP) is 3.05. The van der Waals surface area contributed by atoms with Crippen molar-refractivity contribution < 1.29 is 14.3 Å². The van der Waals surface area contributed by atoms with E-state index in [0.717, 1.165) is 25.7 Å². The molecule has 2 atom stereocenters. The number of ether oxygens (including phenoxy) is 2. The van der Waals surface area contributed by atoms with E-state index in [9.17, 15) is 4.79 Å². The molecule has 0 aromatic rings. The average Bonchev–Trinajstić information content (AvgIpc) is 3.09. The van der Waals surface area contributed by atoms with Crippen LogP contribution in [-0.2, 0) is 14.3 Å². The molecule has 1 N–H and O–H groups in total. The highest BCUT2D eigenvalue weighted by Crippen LogP contribution is 2.41. The van der Waals surface area contributed by atoms with Crippen molar-refractivity contribution in [3.8, 4) is 0 Å². The third-order valence-corrected chi connectivity index (χ3v) is 4.50. The standard InChI is InChI=1S/C17H31NO3/c1-5-20-15(19)17(18-14-8-9-14)11-6-7-13(17)10-12-21-16(2,3)4/h13-14,18H,5-12H2,1-4H3. The van der Waals surface area contributed by atoms with Gasteiger partial charge in [-0.05, 0) is 65.7 Å². The molecule has 2 rings (SSSR count). The number of carbonyl (C=O) groups is 1. The van der Waals surface area contributed by atoms with Gasteiger partial charge in [0.1, 0.15) is 5.54 Å². The zero-order valence-corrected chi connectivity index (χ0v) is 14.0. The first-order valence-electron chi connectivity index (χ1n) is 8.46. The van der Waals surface area contributed by atoms with Crippen LogP contribution in [0.2, 0.25) is 0 Å². The lowest BCUT2D eigenvalue weighted by Crippen LogP contribution is -2.56. The van der Waals surface area contributed by atoms with Gasteiger partial charge >= 0.3 is 5.97 Å². The SMILES string of the molecule is CCOC(=O)C1(NC2CC2)CCCC1CCOC(C)(C)C. The highest BCUT2D eigenvalue weighted by molar-refractivity contribution is 5.82. The molecule has 4 heteroatoms. The van der Waals surface area contributed by atoms with E-state index in [1.807, 2.05) is 6.92 Å². The van der Waals surface area contributed by atoms with Crippen LogP contribution in [0, 0.1) is 5.92 Å². The first kappa shape index (κ1) is 16.8. The largest absolute Gasteiger partial charge is 0.465 e. The molecular formula is C17H31NO3. The van der Waals surface area contributed by atoms with Gasteiger partial charge in [-0.2, -0.15) is 0 Å². The molecule has 2 saturated carbocycles. The van der Waals surface area contributed by atoms with E-state index >= 15 is 0 Å². The fourth-order valence-electron chi connectivity index (χ4n) is 3.35. The minimum atomic E-state index is -0.460. The van der Waals surface area contributed by atoms with E-state index in [1.54, 1.807) is 0 Å². The van der Waals surface area contributed by atoms with Gasteiger partial charge in [-0.3, -0.25) is 10.1 Å². The van der Waals surface area contributed by atoms with Crippen LogP contribution in [-0.4, -0.2) is 36.4 Å². The minimum absolute atomic E-state index is 0.0461. The average molecular weight is 297 g/mol. The van der Waals surface area contributed by atoms with E-state index in [1.165, 1.54) is 12.8 Å².